The summed E-state index contributed by atoms with van der Waals surface area (Å²) >= 11 is 12.1. The molecule has 1 aromatic heterocycles. The van der Waals surface area contributed by atoms with Crippen LogP contribution in [0.2, 0.25) is 10.0 Å². The maximum Gasteiger partial charge on any atom is 0.257 e. The van der Waals surface area contributed by atoms with Crippen LogP contribution in [0.1, 0.15) is 15.9 Å². The Morgan fingerprint density at radius 3 is 2.60 bits per heavy atom. The molecule has 0 bridgehead atoms. The van der Waals surface area contributed by atoms with Gasteiger partial charge in [0.2, 0.25) is 0 Å². The van der Waals surface area contributed by atoms with Crippen molar-refractivity contribution < 1.29 is 4.79 Å². The minimum atomic E-state index is -0.307. The average Bonchev–Trinajstić information content (AvgIpc) is 2.42. The van der Waals surface area contributed by atoms with E-state index >= 15 is 0 Å². The number of benzene rings is 1. The molecule has 4 nitrogen and oxygen atoms in total. The number of carbonyl (C=O) groups is 1. The molecule has 20 heavy (non-hydrogen) atoms. The zero-order valence-corrected chi connectivity index (χ0v) is 12.5. The van der Waals surface area contributed by atoms with Crippen molar-refractivity contribution in [3.63, 3.8) is 0 Å². The summed E-state index contributed by atoms with van der Waals surface area (Å²) in [5.74, 6) is 0.218. The second-order valence-corrected chi connectivity index (χ2v) is 5.00. The number of nitrogens with one attached hydrogen (secondary N) is 2. The molecule has 0 atom stereocenters. The maximum absolute atomic E-state index is 12.2. The van der Waals surface area contributed by atoms with Gasteiger partial charge in [0.05, 0.1) is 21.3 Å². The van der Waals surface area contributed by atoms with Crippen molar-refractivity contribution in [2.75, 3.05) is 17.7 Å². The van der Waals surface area contributed by atoms with Gasteiger partial charge in [-0.1, -0.05) is 35.3 Å². The molecular formula is C14H13Cl2N3O. The van der Waals surface area contributed by atoms with Gasteiger partial charge in [0.15, 0.2) is 0 Å². The Morgan fingerprint density at radius 2 is 2.00 bits per heavy atom. The van der Waals surface area contributed by atoms with E-state index in [0.717, 1.165) is 5.56 Å². The lowest BCUT2D eigenvalue weighted by atomic mass is 10.2. The molecule has 0 spiro atoms. The van der Waals surface area contributed by atoms with Gasteiger partial charge in [0, 0.05) is 13.2 Å². The number of hydrogen-bond donors (Lipinski definition) is 2. The third-order valence-electron chi connectivity index (χ3n) is 2.80. The summed E-state index contributed by atoms with van der Waals surface area (Å²) in [5, 5.41) is 6.48. The Kier molecular flexibility index (Phi) is 4.47. The van der Waals surface area contributed by atoms with Crippen LogP contribution in [0.15, 0.2) is 30.5 Å². The first-order chi connectivity index (χ1) is 9.52. The van der Waals surface area contributed by atoms with E-state index in [-0.39, 0.29) is 5.91 Å². The molecule has 0 radical (unpaired) electrons. The lowest BCUT2D eigenvalue weighted by molar-refractivity contribution is 0.102. The molecule has 0 aliphatic carbocycles. The monoisotopic (exact) mass is 309 g/mol. The molecule has 0 saturated carbocycles. The lowest BCUT2D eigenvalue weighted by Crippen LogP contribution is -2.13. The van der Waals surface area contributed by atoms with Crippen molar-refractivity contribution in [2.24, 2.45) is 0 Å². The van der Waals surface area contributed by atoms with E-state index in [2.05, 4.69) is 15.6 Å². The van der Waals surface area contributed by atoms with Crippen LogP contribution < -0.4 is 10.6 Å². The third kappa shape index (κ3) is 3.03. The van der Waals surface area contributed by atoms with Crippen LogP contribution in [-0.2, 0) is 0 Å². The first-order valence-electron chi connectivity index (χ1n) is 5.92. The Bertz CT molecular complexity index is 639. The highest BCUT2D eigenvalue weighted by Gasteiger charge is 2.12. The highest BCUT2D eigenvalue weighted by molar-refractivity contribution is 6.34. The van der Waals surface area contributed by atoms with Crippen molar-refractivity contribution in [3.8, 4) is 0 Å². The summed E-state index contributed by atoms with van der Waals surface area (Å²) in [6.45, 7) is 1.87. The summed E-state index contributed by atoms with van der Waals surface area (Å²) in [4.78, 5) is 16.2. The highest BCUT2D eigenvalue weighted by atomic mass is 35.5. The number of rotatable bonds is 3. The van der Waals surface area contributed by atoms with Gasteiger partial charge in [-0.3, -0.25) is 4.79 Å². The van der Waals surface area contributed by atoms with Crippen LogP contribution in [0.3, 0.4) is 0 Å². The predicted molar refractivity (Wildman–Crippen MR) is 82.9 cm³/mol. The molecule has 104 valence electrons. The van der Waals surface area contributed by atoms with Gasteiger partial charge in [-0.05, 0) is 24.6 Å². The van der Waals surface area contributed by atoms with E-state index < -0.39 is 0 Å². The number of hydrogen-bond acceptors (Lipinski definition) is 3. The van der Waals surface area contributed by atoms with Crippen molar-refractivity contribution in [3.05, 3.63) is 51.6 Å². The van der Waals surface area contributed by atoms with E-state index in [4.69, 9.17) is 23.2 Å². The van der Waals surface area contributed by atoms with Gasteiger partial charge in [0.25, 0.3) is 5.91 Å². The van der Waals surface area contributed by atoms with Crippen LogP contribution >= 0.6 is 23.2 Å². The second kappa shape index (κ2) is 6.11. The smallest absolute Gasteiger partial charge is 0.257 e. The molecule has 0 fully saturated rings. The summed E-state index contributed by atoms with van der Waals surface area (Å²) in [7, 11) is 1.71. The number of nitrogens with zero attached hydrogens (tertiary/aromatic N) is 1. The van der Waals surface area contributed by atoms with E-state index in [1.807, 2.05) is 19.1 Å². The molecule has 0 saturated heterocycles. The molecule has 0 unspecified atom stereocenters. The van der Waals surface area contributed by atoms with E-state index in [9.17, 15) is 4.79 Å². The van der Waals surface area contributed by atoms with Crippen molar-refractivity contribution in [2.45, 2.75) is 6.92 Å². The first kappa shape index (κ1) is 14.6. The topological polar surface area (TPSA) is 54.0 Å². The number of halogens is 2. The van der Waals surface area contributed by atoms with Gasteiger partial charge in [-0.15, -0.1) is 0 Å². The Hall–Kier alpha value is -1.78. The molecule has 2 rings (SSSR count). The Labute approximate surface area is 127 Å². The van der Waals surface area contributed by atoms with Gasteiger partial charge >= 0.3 is 0 Å². The molecule has 2 N–H and O–H groups in total. The van der Waals surface area contributed by atoms with Gasteiger partial charge in [0.1, 0.15) is 5.82 Å². The molecule has 2 aromatic rings. The molecule has 1 heterocycles. The Morgan fingerprint density at radius 1 is 1.25 bits per heavy atom. The summed E-state index contributed by atoms with van der Waals surface area (Å²) in [6.07, 6.45) is 1.46. The van der Waals surface area contributed by atoms with Crippen LogP contribution in [-0.4, -0.2) is 17.9 Å². The first-order valence-corrected chi connectivity index (χ1v) is 6.68. The quantitative estimate of drug-likeness (QED) is 0.901. The lowest BCUT2D eigenvalue weighted by Gasteiger charge is -2.11. The number of anilines is 2. The molecule has 1 amide bonds. The number of pyridine rings is 1. The summed E-state index contributed by atoms with van der Waals surface area (Å²) < 4.78 is 0. The SMILES string of the molecule is CNc1ncc(C(=O)Nc2c(C)cccc2Cl)cc1Cl. The minimum Gasteiger partial charge on any atom is -0.372 e. The second-order valence-electron chi connectivity index (χ2n) is 4.19. The average molecular weight is 310 g/mol. The largest absolute Gasteiger partial charge is 0.372 e. The molecular weight excluding hydrogens is 297 g/mol. The number of para-hydroxylation sites is 1. The van der Waals surface area contributed by atoms with Crippen LogP contribution in [0.5, 0.6) is 0 Å². The molecule has 1 aromatic carbocycles. The van der Waals surface area contributed by atoms with Gasteiger partial charge in [-0.2, -0.15) is 0 Å². The maximum atomic E-state index is 12.2. The minimum absolute atomic E-state index is 0.307. The third-order valence-corrected chi connectivity index (χ3v) is 3.40. The zero-order chi connectivity index (χ0) is 14.7. The summed E-state index contributed by atoms with van der Waals surface area (Å²) in [5.41, 5.74) is 1.85. The van der Waals surface area contributed by atoms with Crippen LogP contribution in [0, 0.1) is 6.92 Å². The van der Waals surface area contributed by atoms with E-state index in [1.165, 1.54) is 6.20 Å². The van der Waals surface area contributed by atoms with E-state index in [1.54, 1.807) is 19.2 Å². The Balaban J connectivity index is 2.26. The van der Waals surface area contributed by atoms with Gasteiger partial charge < -0.3 is 10.6 Å². The number of carbonyl (C=O) groups excluding carboxylic acids is 1. The normalized spacial score (nSPS) is 10.2. The molecule has 0 aliphatic heterocycles. The predicted octanol–water partition coefficient (Wildman–Crippen LogP) is 3.99. The fraction of sp³-hybridized carbons (Fsp3) is 0.143. The number of amides is 1. The van der Waals surface area contributed by atoms with Gasteiger partial charge in [-0.25, -0.2) is 4.98 Å². The number of aromatic nitrogens is 1. The summed E-state index contributed by atoms with van der Waals surface area (Å²) in [6, 6.07) is 6.98. The molecule has 6 heteroatoms. The van der Waals surface area contributed by atoms with E-state index in [0.29, 0.717) is 27.1 Å². The highest BCUT2D eigenvalue weighted by Crippen LogP contribution is 2.26. The fourth-order valence-corrected chi connectivity index (χ4v) is 2.25. The fourth-order valence-electron chi connectivity index (χ4n) is 1.72. The standard InChI is InChI=1S/C14H13Cl2N3O/c1-8-4-3-5-10(15)12(8)19-14(20)9-6-11(16)13(17-2)18-7-9/h3-7H,1-2H3,(H,17,18)(H,19,20). The van der Waals surface area contributed by atoms with Crippen LogP contribution in [0.25, 0.3) is 0 Å². The van der Waals surface area contributed by atoms with Crippen LogP contribution in [0.4, 0.5) is 11.5 Å². The zero-order valence-electron chi connectivity index (χ0n) is 11.0. The number of aryl methyl sites for hydroxylation is 1. The van der Waals surface area contributed by atoms with Crippen molar-refractivity contribution >= 4 is 40.6 Å². The molecule has 0 aliphatic rings. The van der Waals surface area contributed by atoms with Crippen molar-refractivity contribution in [1.29, 1.82) is 0 Å². The van der Waals surface area contributed by atoms with Crippen molar-refractivity contribution in [1.82, 2.24) is 4.98 Å².